The maximum atomic E-state index is 13.4. The number of benzene rings is 1. The highest BCUT2D eigenvalue weighted by Gasteiger charge is 2.35. The average Bonchev–Trinajstić information content (AvgIpc) is 3.21. The highest BCUT2D eigenvalue weighted by atomic mass is 16.6. The number of anilines is 4. The van der Waals surface area contributed by atoms with Gasteiger partial charge in [-0.3, -0.25) is 0 Å². The van der Waals surface area contributed by atoms with Gasteiger partial charge in [0.2, 0.25) is 5.88 Å². The highest BCUT2D eigenvalue weighted by Crippen LogP contribution is 2.33. The molecule has 6 rings (SSSR count). The van der Waals surface area contributed by atoms with Gasteiger partial charge in [0.1, 0.15) is 46.4 Å². The fourth-order valence-corrected chi connectivity index (χ4v) is 6.22. The Morgan fingerprint density at radius 2 is 1.41 bits per heavy atom. The molecule has 16 nitrogen and oxygen atoms in total. The van der Waals surface area contributed by atoms with Crippen molar-refractivity contribution < 1.29 is 38.1 Å². The molecule has 63 heavy (non-hydrogen) atoms. The van der Waals surface area contributed by atoms with E-state index < -0.39 is 29.0 Å². The molecule has 0 saturated carbocycles. The van der Waals surface area contributed by atoms with Crippen LogP contribution in [0.25, 0.3) is 10.8 Å². The maximum absolute atomic E-state index is 13.4. The number of nitrogens with zero attached hydrogens (tertiary/aromatic N) is 7. The first-order valence-electron chi connectivity index (χ1n) is 20.5. The van der Waals surface area contributed by atoms with Crippen LogP contribution in [0.2, 0.25) is 0 Å². The summed E-state index contributed by atoms with van der Waals surface area (Å²) < 4.78 is 28.4. The second-order valence-corrected chi connectivity index (χ2v) is 17.6. The lowest BCUT2D eigenvalue weighted by atomic mass is 10.1. The summed E-state index contributed by atoms with van der Waals surface area (Å²) in [7, 11) is 1.62. The van der Waals surface area contributed by atoms with Gasteiger partial charge in [-0.1, -0.05) is 18.1 Å². The summed E-state index contributed by atoms with van der Waals surface area (Å²) in [6, 6.07) is 16.5. The van der Waals surface area contributed by atoms with Crippen LogP contribution in [0.4, 0.5) is 37.4 Å². The van der Waals surface area contributed by atoms with Crippen LogP contribution in [0, 0.1) is 11.8 Å². The maximum Gasteiger partial charge on any atom is 0.425 e. The smallest absolute Gasteiger partial charge is 0.425 e. The molecule has 4 aromatic heterocycles. The Kier molecular flexibility index (Phi) is 13.6. The van der Waals surface area contributed by atoms with E-state index in [0.29, 0.717) is 54.6 Å². The SMILES string of the molecule is COc1ccc(COc2ncc(Nc3cc4c(C#Cc5cccnc5N(C(=O)OC(C)(C)C)C(=O)OC(C)(C)C)nccc4cn3)cc2N2CCN(C(=O)OC(C)(C)C)CC2)cc1. The van der Waals surface area contributed by atoms with E-state index in [0.717, 1.165) is 27.3 Å². The van der Waals surface area contributed by atoms with Gasteiger partial charge in [-0.05, 0) is 116 Å². The van der Waals surface area contributed by atoms with Crippen molar-refractivity contribution in [3.8, 4) is 23.5 Å². The molecule has 0 unspecified atom stereocenters. The van der Waals surface area contributed by atoms with Gasteiger partial charge in [-0.2, -0.15) is 4.90 Å². The van der Waals surface area contributed by atoms with Crippen LogP contribution in [0.3, 0.4) is 0 Å². The topological polar surface area (TPSA) is 171 Å². The number of aromatic nitrogens is 4. The van der Waals surface area contributed by atoms with Crippen LogP contribution >= 0.6 is 0 Å². The third-order valence-corrected chi connectivity index (χ3v) is 9.03. The quantitative estimate of drug-likeness (QED) is 0.116. The molecule has 0 radical (unpaired) electrons. The zero-order valence-corrected chi connectivity index (χ0v) is 37.4. The predicted molar refractivity (Wildman–Crippen MR) is 240 cm³/mol. The first-order chi connectivity index (χ1) is 29.7. The fraction of sp³-hybridized carbons (Fsp3) is 0.383. The first-order valence-corrected chi connectivity index (χ1v) is 20.5. The van der Waals surface area contributed by atoms with Crippen LogP contribution in [0.5, 0.6) is 11.6 Å². The molecule has 16 heteroatoms. The largest absolute Gasteiger partial charge is 0.497 e. The van der Waals surface area contributed by atoms with E-state index in [9.17, 15) is 14.4 Å². The normalized spacial score (nSPS) is 13.0. The lowest BCUT2D eigenvalue weighted by molar-refractivity contribution is 0.0239. The number of ether oxygens (including phenoxy) is 5. The van der Waals surface area contributed by atoms with E-state index in [1.165, 1.54) is 6.20 Å². The van der Waals surface area contributed by atoms with Gasteiger partial charge in [-0.25, -0.2) is 34.3 Å². The van der Waals surface area contributed by atoms with E-state index in [-0.39, 0.29) is 24.1 Å². The number of hydrogen-bond donors (Lipinski definition) is 1. The van der Waals surface area contributed by atoms with Crippen LogP contribution in [-0.4, -0.2) is 93.2 Å². The molecular weight excluding hydrogens is 805 g/mol. The number of fused-ring (bicyclic) bond motifs is 1. The minimum absolute atomic E-state index is 0.0521. The number of pyridine rings is 4. The van der Waals surface area contributed by atoms with E-state index >= 15 is 0 Å². The van der Waals surface area contributed by atoms with Gasteiger partial charge >= 0.3 is 18.3 Å². The number of nitrogens with one attached hydrogen (secondary N) is 1. The molecule has 1 aliphatic rings. The van der Waals surface area contributed by atoms with Crippen molar-refractivity contribution in [2.75, 3.05) is 48.4 Å². The second kappa shape index (κ2) is 18.9. The molecule has 5 heterocycles. The Labute approximate surface area is 367 Å². The first kappa shape index (κ1) is 45.4. The lowest BCUT2D eigenvalue weighted by Crippen LogP contribution is -2.50. The zero-order chi connectivity index (χ0) is 45.5. The molecular formula is C47H54N8O8. The van der Waals surface area contributed by atoms with Gasteiger partial charge in [0.25, 0.3) is 0 Å². The average molecular weight is 859 g/mol. The molecule has 3 amide bonds. The molecule has 5 aromatic rings. The Morgan fingerprint density at radius 3 is 2.05 bits per heavy atom. The van der Waals surface area contributed by atoms with Crippen molar-refractivity contribution in [1.82, 2.24) is 24.8 Å². The number of hydrogen-bond acceptors (Lipinski definition) is 14. The molecule has 330 valence electrons. The van der Waals surface area contributed by atoms with E-state index in [4.69, 9.17) is 28.7 Å². The van der Waals surface area contributed by atoms with Gasteiger partial charge in [0.15, 0.2) is 5.82 Å². The number of amides is 3. The molecule has 0 bridgehead atoms. The Hall–Kier alpha value is -7.15. The summed E-state index contributed by atoms with van der Waals surface area (Å²) >= 11 is 0. The number of carbonyl (C=O) groups excluding carboxylic acids is 3. The number of piperazine rings is 1. The molecule has 1 N–H and O–H groups in total. The Morgan fingerprint density at radius 1 is 0.746 bits per heavy atom. The number of methoxy groups -OCH3 is 1. The van der Waals surface area contributed by atoms with Crippen LogP contribution in [-0.2, 0) is 20.8 Å². The summed E-state index contributed by atoms with van der Waals surface area (Å²) in [6.45, 7) is 18.0. The van der Waals surface area contributed by atoms with Crippen LogP contribution in [0.15, 0.2) is 79.4 Å². The van der Waals surface area contributed by atoms with Crippen molar-refractivity contribution >= 4 is 52.1 Å². The number of carbonyl (C=O) groups is 3. The lowest BCUT2D eigenvalue weighted by Gasteiger charge is -2.37. The monoisotopic (exact) mass is 858 g/mol. The van der Waals surface area contributed by atoms with Crippen molar-refractivity contribution in [1.29, 1.82) is 0 Å². The molecule has 0 atom stereocenters. The molecule has 1 fully saturated rings. The molecule has 0 aliphatic carbocycles. The molecule has 1 aliphatic heterocycles. The summed E-state index contributed by atoms with van der Waals surface area (Å²) in [5, 5.41) is 4.85. The van der Waals surface area contributed by atoms with Crippen molar-refractivity contribution in [3.05, 3.63) is 96.2 Å². The third kappa shape index (κ3) is 12.5. The van der Waals surface area contributed by atoms with E-state index in [1.807, 2.05) is 63.2 Å². The van der Waals surface area contributed by atoms with E-state index in [2.05, 4.69) is 37.0 Å². The summed E-state index contributed by atoms with van der Waals surface area (Å²) in [5.41, 5.74) is 0.589. The Balaban J connectivity index is 1.29. The van der Waals surface area contributed by atoms with Crippen molar-refractivity contribution in [3.63, 3.8) is 0 Å². The Bertz CT molecular complexity index is 2480. The van der Waals surface area contributed by atoms with Gasteiger partial charge in [-0.15, -0.1) is 0 Å². The molecule has 1 saturated heterocycles. The third-order valence-electron chi connectivity index (χ3n) is 9.03. The van der Waals surface area contributed by atoms with Crippen molar-refractivity contribution in [2.45, 2.75) is 85.7 Å². The highest BCUT2D eigenvalue weighted by molar-refractivity contribution is 6.09. The van der Waals surface area contributed by atoms with Gasteiger partial charge in [0.05, 0.1) is 24.6 Å². The summed E-state index contributed by atoms with van der Waals surface area (Å²) in [6.07, 6.45) is 4.20. The minimum Gasteiger partial charge on any atom is -0.497 e. The molecule has 0 spiro atoms. The number of imide groups is 1. The van der Waals surface area contributed by atoms with Crippen LogP contribution in [0.1, 0.15) is 79.1 Å². The second-order valence-electron chi connectivity index (χ2n) is 17.6. The summed E-state index contributed by atoms with van der Waals surface area (Å²) in [4.78, 5) is 62.7. The van der Waals surface area contributed by atoms with E-state index in [1.54, 1.807) is 84.3 Å². The standard InChI is InChI=1S/C47H54N8O8/c1-45(2,3)61-42(56)54-24-22-53(23-25-54)38-26-34(29-51-41(38)60-30-31-13-16-35(59-10)17-14-31)52-39-27-36-33(28-50-39)19-21-48-37(36)18-15-32-12-11-20-49-40(32)55(43(57)62-46(4,5)6)44(58)63-47(7,8)9/h11-14,16-17,19-21,26-29H,22-25,30H2,1-10H3,(H,50,52). The van der Waals surface area contributed by atoms with Crippen LogP contribution < -0.4 is 24.6 Å². The van der Waals surface area contributed by atoms with Gasteiger partial charge in [0, 0.05) is 55.5 Å². The number of rotatable bonds is 8. The fourth-order valence-electron chi connectivity index (χ4n) is 6.22. The van der Waals surface area contributed by atoms with Gasteiger partial charge < -0.3 is 38.8 Å². The minimum atomic E-state index is -0.957. The summed E-state index contributed by atoms with van der Waals surface area (Å²) in [5.74, 6) is 7.81. The van der Waals surface area contributed by atoms with Crippen molar-refractivity contribution in [2.24, 2.45) is 0 Å². The molecule has 1 aromatic carbocycles. The zero-order valence-electron chi connectivity index (χ0n) is 37.4. The predicted octanol–water partition coefficient (Wildman–Crippen LogP) is 8.88.